The first-order valence-corrected chi connectivity index (χ1v) is 5.83. The zero-order chi connectivity index (χ0) is 14.7. The molecule has 0 aliphatic heterocycles. The van der Waals surface area contributed by atoms with E-state index in [0.29, 0.717) is 12.1 Å². The molecule has 2 N–H and O–H groups in total. The number of carboxylic acids is 1. The van der Waals surface area contributed by atoms with Crippen LogP contribution in [-0.4, -0.2) is 17.6 Å². The predicted octanol–water partition coefficient (Wildman–Crippen LogP) is 3.00. The Morgan fingerprint density at radius 2 is 1.89 bits per heavy atom. The van der Waals surface area contributed by atoms with Crippen molar-refractivity contribution in [3.05, 3.63) is 35.4 Å². The van der Waals surface area contributed by atoms with Gasteiger partial charge in [-0.25, -0.2) is 0 Å². The fourth-order valence-electron chi connectivity index (χ4n) is 2.00. The third-order valence-corrected chi connectivity index (χ3v) is 2.90. The van der Waals surface area contributed by atoms with Crippen molar-refractivity contribution in [1.82, 2.24) is 5.32 Å². The molecule has 1 aromatic rings. The Morgan fingerprint density at radius 3 is 2.37 bits per heavy atom. The summed E-state index contributed by atoms with van der Waals surface area (Å²) in [6.45, 7) is 3.81. The van der Waals surface area contributed by atoms with Crippen molar-refractivity contribution in [3.8, 4) is 0 Å². The van der Waals surface area contributed by atoms with Gasteiger partial charge in [-0.05, 0) is 31.2 Å². The largest absolute Gasteiger partial charge is 0.481 e. The molecule has 1 aromatic carbocycles. The van der Waals surface area contributed by atoms with E-state index in [1.807, 2.05) is 0 Å². The Morgan fingerprint density at radius 1 is 1.32 bits per heavy atom. The van der Waals surface area contributed by atoms with E-state index in [0.717, 1.165) is 12.1 Å². The third kappa shape index (κ3) is 3.96. The molecule has 0 saturated carbocycles. The van der Waals surface area contributed by atoms with E-state index in [9.17, 15) is 18.0 Å². The van der Waals surface area contributed by atoms with Crippen LogP contribution in [0.3, 0.4) is 0 Å². The Hall–Kier alpha value is -1.56. The number of nitrogens with one attached hydrogen (secondary N) is 1. The lowest BCUT2D eigenvalue weighted by molar-refractivity contribution is -0.138. The Bertz CT molecular complexity index is 459. The molecule has 1 unspecified atom stereocenters. The topological polar surface area (TPSA) is 49.3 Å². The number of rotatable bonds is 5. The van der Waals surface area contributed by atoms with Crippen molar-refractivity contribution in [1.29, 1.82) is 0 Å². The second-order valence-electron chi connectivity index (χ2n) is 4.51. The summed E-state index contributed by atoms with van der Waals surface area (Å²) in [5.41, 5.74) is -1.49. The fraction of sp³-hybridized carbons (Fsp3) is 0.462. The van der Waals surface area contributed by atoms with Gasteiger partial charge in [-0.1, -0.05) is 19.1 Å². The van der Waals surface area contributed by atoms with Crippen LogP contribution in [0.5, 0.6) is 0 Å². The molecule has 0 amide bonds. The molecule has 1 atom stereocenters. The molecule has 0 spiro atoms. The molecule has 0 aliphatic carbocycles. The highest BCUT2D eigenvalue weighted by molar-refractivity contribution is 5.69. The van der Waals surface area contributed by atoms with Gasteiger partial charge in [0.05, 0.1) is 17.5 Å². The molecule has 0 aromatic heterocycles. The van der Waals surface area contributed by atoms with Crippen LogP contribution >= 0.6 is 0 Å². The van der Waals surface area contributed by atoms with Crippen LogP contribution in [0.4, 0.5) is 13.2 Å². The lowest BCUT2D eigenvalue weighted by atomic mass is 9.87. The van der Waals surface area contributed by atoms with E-state index in [1.54, 1.807) is 13.8 Å². The second-order valence-corrected chi connectivity index (χ2v) is 4.51. The van der Waals surface area contributed by atoms with Crippen LogP contribution in [0.15, 0.2) is 24.3 Å². The smallest absolute Gasteiger partial charge is 0.416 e. The number of carbonyl (C=O) groups is 1. The van der Waals surface area contributed by atoms with E-state index < -0.39 is 23.2 Å². The van der Waals surface area contributed by atoms with Gasteiger partial charge in [-0.15, -0.1) is 0 Å². The van der Waals surface area contributed by atoms with E-state index in [4.69, 9.17) is 5.11 Å². The molecule has 1 rings (SSSR count). The van der Waals surface area contributed by atoms with E-state index in [-0.39, 0.29) is 6.42 Å². The highest BCUT2D eigenvalue weighted by atomic mass is 19.4. The van der Waals surface area contributed by atoms with Crippen molar-refractivity contribution in [2.75, 3.05) is 6.54 Å². The van der Waals surface area contributed by atoms with E-state index in [2.05, 4.69) is 5.32 Å². The Kier molecular flexibility index (Phi) is 4.57. The van der Waals surface area contributed by atoms with Gasteiger partial charge in [0.15, 0.2) is 0 Å². The summed E-state index contributed by atoms with van der Waals surface area (Å²) in [4.78, 5) is 10.9. The molecule has 19 heavy (non-hydrogen) atoms. The van der Waals surface area contributed by atoms with E-state index >= 15 is 0 Å². The maximum absolute atomic E-state index is 12.7. The average molecular weight is 275 g/mol. The Balaban J connectivity index is 3.20. The van der Waals surface area contributed by atoms with Crippen LogP contribution in [0.1, 0.15) is 31.4 Å². The maximum atomic E-state index is 12.7. The third-order valence-electron chi connectivity index (χ3n) is 2.90. The lowest BCUT2D eigenvalue weighted by Crippen LogP contribution is -2.41. The monoisotopic (exact) mass is 275 g/mol. The first kappa shape index (κ1) is 15.5. The quantitative estimate of drug-likeness (QED) is 0.868. The van der Waals surface area contributed by atoms with Gasteiger partial charge in [-0.2, -0.15) is 13.2 Å². The number of aliphatic carboxylic acids is 1. The van der Waals surface area contributed by atoms with Crippen molar-refractivity contribution in [2.24, 2.45) is 0 Å². The molecule has 0 saturated heterocycles. The molecule has 0 heterocycles. The van der Waals surface area contributed by atoms with Gasteiger partial charge in [0.1, 0.15) is 0 Å². The predicted molar refractivity (Wildman–Crippen MR) is 64.7 cm³/mol. The number of benzene rings is 1. The lowest BCUT2D eigenvalue weighted by Gasteiger charge is -2.30. The summed E-state index contributed by atoms with van der Waals surface area (Å²) < 4.78 is 38.0. The summed E-state index contributed by atoms with van der Waals surface area (Å²) >= 11 is 0. The van der Waals surface area contributed by atoms with Gasteiger partial charge in [0, 0.05) is 0 Å². The summed E-state index contributed by atoms with van der Waals surface area (Å²) in [6.07, 6.45) is -4.73. The van der Waals surface area contributed by atoms with Gasteiger partial charge in [-0.3, -0.25) is 4.79 Å². The standard InChI is InChI=1S/C13H16F3NO2/c1-3-17-12(2,8-11(18)19)9-5-4-6-10(7-9)13(14,15)16/h4-7,17H,3,8H2,1-2H3,(H,18,19). The number of alkyl halides is 3. The van der Waals surface area contributed by atoms with Crippen LogP contribution in [0.2, 0.25) is 0 Å². The molecule has 0 fully saturated rings. The van der Waals surface area contributed by atoms with Gasteiger partial charge in [0.2, 0.25) is 0 Å². The van der Waals surface area contributed by atoms with Crippen LogP contribution in [0, 0.1) is 0 Å². The van der Waals surface area contributed by atoms with Crippen LogP contribution in [-0.2, 0) is 16.5 Å². The molecule has 0 aliphatic rings. The van der Waals surface area contributed by atoms with Gasteiger partial charge < -0.3 is 10.4 Å². The van der Waals surface area contributed by atoms with Crippen molar-refractivity contribution < 1.29 is 23.1 Å². The minimum Gasteiger partial charge on any atom is -0.481 e. The van der Waals surface area contributed by atoms with Crippen LogP contribution in [0.25, 0.3) is 0 Å². The minimum absolute atomic E-state index is 0.290. The van der Waals surface area contributed by atoms with Gasteiger partial charge >= 0.3 is 12.1 Å². The summed E-state index contributed by atoms with van der Waals surface area (Å²) in [7, 11) is 0. The number of carboxylic acid groups (broad SMARTS) is 1. The normalized spacial score (nSPS) is 15.0. The van der Waals surface area contributed by atoms with Crippen molar-refractivity contribution >= 4 is 5.97 Å². The minimum atomic E-state index is -4.44. The summed E-state index contributed by atoms with van der Waals surface area (Å²) in [6, 6.07) is 4.75. The van der Waals surface area contributed by atoms with E-state index in [1.165, 1.54) is 12.1 Å². The first-order valence-electron chi connectivity index (χ1n) is 5.83. The highest BCUT2D eigenvalue weighted by Gasteiger charge is 2.34. The summed E-state index contributed by atoms with van der Waals surface area (Å²) in [5, 5.41) is 11.8. The molecule has 0 bridgehead atoms. The molecule has 3 nitrogen and oxygen atoms in total. The van der Waals surface area contributed by atoms with Crippen LogP contribution < -0.4 is 5.32 Å². The number of halogens is 3. The van der Waals surface area contributed by atoms with Crippen molar-refractivity contribution in [3.63, 3.8) is 0 Å². The van der Waals surface area contributed by atoms with Gasteiger partial charge in [0.25, 0.3) is 0 Å². The Labute approximate surface area is 109 Å². The zero-order valence-electron chi connectivity index (χ0n) is 10.7. The molecule has 106 valence electrons. The first-order chi connectivity index (χ1) is 8.69. The molecular formula is C13H16F3NO2. The number of hydrogen-bond acceptors (Lipinski definition) is 2. The van der Waals surface area contributed by atoms with Crippen molar-refractivity contribution in [2.45, 2.75) is 32.0 Å². The molecular weight excluding hydrogens is 259 g/mol. The highest BCUT2D eigenvalue weighted by Crippen LogP contribution is 2.33. The zero-order valence-corrected chi connectivity index (χ0v) is 10.7. The fourth-order valence-corrected chi connectivity index (χ4v) is 2.00. The number of hydrogen-bond donors (Lipinski definition) is 2. The second kappa shape index (κ2) is 5.61. The molecule has 6 heteroatoms. The average Bonchev–Trinajstić information content (AvgIpc) is 2.27. The molecule has 0 radical (unpaired) electrons. The summed E-state index contributed by atoms with van der Waals surface area (Å²) in [5.74, 6) is -1.07. The SMILES string of the molecule is CCNC(C)(CC(=O)O)c1cccc(C(F)(F)F)c1. The maximum Gasteiger partial charge on any atom is 0.416 e.